The van der Waals surface area contributed by atoms with Gasteiger partial charge in [-0.15, -0.1) is 11.3 Å². The summed E-state index contributed by atoms with van der Waals surface area (Å²) in [6.45, 7) is 3.76. The summed E-state index contributed by atoms with van der Waals surface area (Å²) in [4.78, 5) is 32.1. The number of nitrogens with one attached hydrogen (secondary N) is 1. The average molecular weight is 344 g/mol. The number of piperidine rings is 1. The number of benzene rings is 1. The highest BCUT2D eigenvalue weighted by Gasteiger charge is 2.51. The van der Waals surface area contributed by atoms with Gasteiger partial charge in [-0.2, -0.15) is 0 Å². The fourth-order valence-electron chi connectivity index (χ4n) is 3.73. The molecule has 0 bridgehead atoms. The lowest BCUT2D eigenvalue weighted by atomic mass is 9.86. The zero-order valence-electron chi connectivity index (χ0n) is 13.8. The van der Waals surface area contributed by atoms with Crippen molar-refractivity contribution in [1.29, 1.82) is 0 Å². The van der Waals surface area contributed by atoms with Crippen LogP contribution < -0.4 is 5.32 Å². The van der Waals surface area contributed by atoms with Crippen molar-refractivity contribution in [2.45, 2.75) is 31.3 Å². The second-order valence-corrected chi connectivity index (χ2v) is 7.55. The molecule has 0 saturated carbocycles. The molecule has 24 heavy (non-hydrogen) atoms. The molecule has 2 fully saturated rings. The van der Waals surface area contributed by atoms with Crippen LogP contribution in [0.3, 0.4) is 0 Å². The molecule has 2 aliphatic heterocycles. The van der Waals surface area contributed by atoms with E-state index in [-0.39, 0.29) is 18.0 Å². The van der Waals surface area contributed by atoms with E-state index in [4.69, 9.17) is 0 Å². The van der Waals surface area contributed by atoms with Crippen LogP contribution in [0.2, 0.25) is 0 Å². The van der Waals surface area contributed by atoms with Crippen LogP contribution in [0.4, 0.5) is 4.79 Å². The van der Waals surface area contributed by atoms with Gasteiger partial charge in [0.25, 0.3) is 5.91 Å². The molecule has 6 nitrogen and oxygen atoms in total. The second kappa shape index (κ2) is 5.53. The number of carbonyl (C=O) groups excluding carboxylic acids is 2. The number of imide groups is 1. The van der Waals surface area contributed by atoms with Crippen LogP contribution in [-0.4, -0.2) is 52.4 Å². The molecule has 1 aromatic heterocycles. The Hall–Kier alpha value is -1.99. The molecule has 1 atom stereocenters. The first-order chi connectivity index (χ1) is 11.5. The SMILES string of the molecule is C[C@H](c1ccc2scnc2c1)N1CCC2(CC1)NC(=O)N(C)C2=O. The summed E-state index contributed by atoms with van der Waals surface area (Å²) in [6.07, 6.45) is 1.32. The van der Waals surface area contributed by atoms with Gasteiger partial charge in [0.05, 0.1) is 15.7 Å². The van der Waals surface area contributed by atoms with Crippen molar-refractivity contribution in [3.8, 4) is 0 Å². The first-order valence-electron chi connectivity index (χ1n) is 8.18. The van der Waals surface area contributed by atoms with E-state index in [1.165, 1.54) is 15.2 Å². The Morgan fingerprint density at radius 2 is 2.04 bits per heavy atom. The molecule has 1 spiro atoms. The van der Waals surface area contributed by atoms with E-state index in [1.54, 1.807) is 18.4 Å². The molecular formula is C17H20N4O2S. The third kappa shape index (κ3) is 2.31. The van der Waals surface area contributed by atoms with Crippen molar-refractivity contribution in [3.63, 3.8) is 0 Å². The number of urea groups is 1. The maximum absolute atomic E-state index is 12.4. The number of thiazole rings is 1. The van der Waals surface area contributed by atoms with Gasteiger partial charge in [0.15, 0.2) is 0 Å². The summed E-state index contributed by atoms with van der Waals surface area (Å²) in [5.41, 5.74) is 3.45. The Bertz CT molecular complexity index is 810. The van der Waals surface area contributed by atoms with E-state index in [9.17, 15) is 9.59 Å². The van der Waals surface area contributed by atoms with E-state index in [2.05, 4.69) is 40.3 Å². The van der Waals surface area contributed by atoms with Crippen molar-refractivity contribution < 1.29 is 9.59 Å². The van der Waals surface area contributed by atoms with Crippen LogP contribution in [0.15, 0.2) is 23.7 Å². The predicted octanol–water partition coefficient (Wildman–Crippen LogP) is 2.37. The normalized spacial score (nSPS) is 22.3. The van der Waals surface area contributed by atoms with Crippen molar-refractivity contribution in [2.75, 3.05) is 20.1 Å². The molecule has 2 saturated heterocycles. The Labute approximate surface area is 144 Å². The molecule has 3 amide bonds. The standard InChI is InChI=1S/C17H20N4O2S/c1-11(12-3-4-14-13(9-12)18-10-24-14)21-7-5-17(6-8-21)15(22)20(2)16(23)19-17/h3-4,9-11H,5-8H2,1-2H3,(H,19,23)/t11-/m1/s1. The minimum absolute atomic E-state index is 0.0938. The van der Waals surface area contributed by atoms with E-state index in [1.807, 2.05) is 5.51 Å². The summed E-state index contributed by atoms with van der Waals surface area (Å²) in [6, 6.07) is 6.41. The molecule has 0 aliphatic carbocycles. The first-order valence-corrected chi connectivity index (χ1v) is 9.06. The molecule has 3 heterocycles. The lowest BCUT2D eigenvalue weighted by Crippen LogP contribution is -2.55. The van der Waals surface area contributed by atoms with Crippen molar-refractivity contribution in [3.05, 3.63) is 29.3 Å². The second-order valence-electron chi connectivity index (χ2n) is 6.67. The van der Waals surface area contributed by atoms with E-state index >= 15 is 0 Å². The highest BCUT2D eigenvalue weighted by molar-refractivity contribution is 7.16. The molecule has 126 valence electrons. The largest absolute Gasteiger partial charge is 0.324 e. The predicted molar refractivity (Wildman–Crippen MR) is 92.9 cm³/mol. The van der Waals surface area contributed by atoms with Gasteiger partial charge in [-0.1, -0.05) is 6.07 Å². The van der Waals surface area contributed by atoms with Gasteiger partial charge in [0.2, 0.25) is 0 Å². The molecule has 7 heteroatoms. The van der Waals surface area contributed by atoms with Crippen LogP contribution >= 0.6 is 11.3 Å². The van der Waals surface area contributed by atoms with E-state index in [0.29, 0.717) is 12.8 Å². The summed E-state index contributed by atoms with van der Waals surface area (Å²) in [5, 5.41) is 2.89. The summed E-state index contributed by atoms with van der Waals surface area (Å²) < 4.78 is 1.20. The molecule has 2 aromatic rings. The molecule has 4 rings (SSSR count). The van der Waals surface area contributed by atoms with Crippen molar-refractivity contribution in [1.82, 2.24) is 20.1 Å². The smallest absolute Gasteiger partial charge is 0.323 e. The number of fused-ring (bicyclic) bond motifs is 1. The van der Waals surface area contributed by atoms with Gasteiger partial charge in [0.1, 0.15) is 5.54 Å². The highest BCUT2D eigenvalue weighted by atomic mass is 32.1. The number of likely N-dealkylation sites (tertiary alicyclic amines) is 1. The van der Waals surface area contributed by atoms with Gasteiger partial charge < -0.3 is 5.32 Å². The van der Waals surface area contributed by atoms with Gasteiger partial charge in [0, 0.05) is 26.2 Å². The zero-order valence-corrected chi connectivity index (χ0v) is 14.6. The summed E-state index contributed by atoms with van der Waals surface area (Å²) >= 11 is 1.65. The van der Waals surface area contributed by atoms with Crippen LogP contribution in [-0.2, 0) is 4.79 Å². The van der Waals surface area contributed by atoms with Crippen molar-refractivity contribution in [2.24, 2.45) is 0 Å². The van der Waals surface area contributed by atoms with Gasteiger partial charge >= 0.3 is 6.03 Å². The molecule has 1 N–H and O–H groups in total. The lowest BCUT2D eigenvalue weighted by Gasteiger charge is -2.40. The van der Waals surface area contributed by atoms with Gasteiger partial charge in [-0.3, -0.25) is 14.6 Å². The molecule has 1 aromatic carbocycles. The van der Waals surface area contributed by atoms with Gasteiger partial charge in [-0.25, -0.2) is 9.78 Å². The molecule has 2 aliphatic rings. The number of rotatable bonds is 2. The number of carbonyl (C=O) groups is 2. The Morgan fingerprint density at radius 3 is 2.71 bits per heavy atom. The maximum atomic E-state index is 12.4. The fourth-order valence-corrected chi connectivity index (χ4v) is 4.39. The number of amides is 3. The minimum Gasteiger partial charge on any atom is -0.323 e. The minimum atomic E-state index is -0.694. The third-order valence-electron chi connectivity index (χ3n) is 5.40. The molecule has 0 unspecified atom stereocenters. The van der Waals surface area contributed by atoms with Crippen LogP contribution in [0.25, 0.3) is 10.2 Å². The Morgan fingerprint density at radius 1 is 1.29 bits per heavy atom. The zero-order chi connectivity index (χ0) is 16.9. The van der Waals surface area contributed by atoms with Crippen molar-refractivity contribution >= 4 is 33.5 Å². The maximum Gasteiger partial charge on any atom is 0.324 e. The topological polar surface area (TPSA) is 65.5 Å². The van der Waals surface area contributed by atoms with E-state index < -0.39 is 5.54 Å². The number of likely N-dealkylation sites (N-methyl/N-ethyl adjacent to an activating group) is 1. The molecule has 0 radical (unpaired) electrons. The fraction of sp³-hybridized carbons (Fsp3) is 0.471. The monoisotopic (exact) mass is 344 g/mol. The summed E-state index contributed by atoms with van der Waals surface area (Å²) in [7, 11) is 1.55. The number of nitrogens with zero attached hydrogens (tertiary/aromatic N) is 3. The number of aromatic nitrogens is 1. The third-order valence-corrected chi connectivity index (χ3v) is 6.21. The summed E-state index contributed by atoms with van der Waals surface area (Å²) in [5.74, 6) is -0.0938. The van der Waals surface area contributed by atoms with Crippen LogP contribution in [0.1, 0.15) is 31.4 Å². The average Bonchev–Trinajstić information content (AvgIpc) is 3.14. The van der Waals surface area contributed by atoms with Crippen LogP contribution in [0.5, 0.6) is 0 Å². The number of hydrogen-bond acceptors (Lipinski definition) is 5. The highest BCUT2D eigenvalue weighted by Crippen LogP contribution is 2.33. The quantitative estimate of drug-likeness (QED) is 0.850. The Kier molecular flexibility index (Phi) is 3.58. The van der Waals surface area contributed by atoms with Crippen LogP contribution in [0, 0.1) is 0 Å². The first kappa shape index (κ1) is 15.5. The Balaban J connectivity index is 1.49. The number of hydrogen-bond donors (Lipinski definition) is 1. The molecular weight excluding hydrogens is 324 g/mol. The van der Waals surface area contributed by atoms with E-state index in [0.717, 1.165) is 18.6 Å². The van der Waals surface area contributed by atoms with Gasteiger partial charge in [-0.05, 0) is 37.5 Å². The lowest BCUT2D eigenvalue weighted by molar-refractivity contribution is -0.132.